The maximum absolute atomic E-state index is 13.8. The minimum absolute atomic E-state index is 0.120. The summed E-state index contributed by atoms with van der Waals surface area (Å²) in [5.41, 5.74) is 4.10. The number of aromatic nitrogens is 2. The number of aromatic hydroxyl groups is 1. The molecule has 1 amide bonds. The number of ether oxygens (including phenoxy) is 4. The van der Waals surface area contributed by atoms with Crippen LogP contribution in [-0.4, -0.2) is 47.1 Å². The number of hydrogen-bond donors (Lipinski definition) is 2. The first kappa shape index (κ1) is 23.1. The second kappa shape index (κ2) is 8.94. The van der Waals surface area contributed by atoms with Crippen LogP contribution in [0.2, 0.25) is 5.02 Å². The molecule has 1 atom stereocenters. The van der Waals surface area contributed by atoms with Crippen molar-refractivity contribution in [2.75, 3.05) is 21.0 Å². The zero-order chi connectivity index (χ0) is 25.7. The number of hydrogen-bond acceptors (Lipinski definition) is 7. The molecule has 3 heterocycles. The highest BCUT2D eigenvalue weighted by atomic mass is 35.5. The van der Waals surface area contributed by atoms with Gasteiger partial charge in [-0.2, -0.15) is 5.10 Å². The molecule has 2 aliphatic rings. The van der Waals surface area contributed by atoms with Crippen molar-refractivity contribution in [2.24, 2.45) is 0 Å². The van der Waals surface area contributed by atoms with Crippen molar-refractivity contribution < 1.29 is 28.8 Å². The number of phenolic OH excluding ortho intramolecular Hbond substituents is 1. The van der Waals surface area contributed by atoms with Crippen LogP contribution in [0.4, 0.5) is 0 Å². The largest absolute Gasteiger partial charge is 0.502 e. The van der Waals surface area contributed by atoms with E-state index in [1.807, 2.05) is 30.3 Å². The first-order valence-electron chi connectivity index (χ1n) is 11.5. The summed E-state index contributed by atoms with van der Waals surface area (Å²) in [7, 11) is 2.93. The second-order valence-corrected chi connectivity index (χ2v) is 9.10. The number of aromatic amines is 1. The lowest BCUT2D eigenvalue weighted by atomic mass is 9.95. The fraction of sp³-hybridized carbons (Fsp3) is 0.185. The summed E-state index contributed by atoms with van der Waals surface area (Å²) in [6.45, 7) is 0.450. The average molecular weight is 520 g/mol. The molecule has 10 heteroatoms. The van der Waals surface area contributed by atoms with Crippen LogP contribution in [-0.2, 0) is 6.54 Å². The Balaban J connectivity index is 1.50. The van der Waals surface area contributed by atoms with E-state index >= 15 is 0 Å². The summed E-state index contributed by atoms with van der Waals surface area (Å²) in [5.74, 6) is 1.43. The van der Waals surface area contributed by atoms with Crippen LogP contribution in [0.15, 0.2) is 54.6 Å². The standard InChI is InChI=1S/C27H22ClN3O6/c1-34-20-10-16(11-21(35-2)26(20)32)25-22-23(15-4-6-17(28)7-5-15)29-30-24(22)27(33)31(25)12-14-3-8-18-19(9-14)37-13-36-18/h3-11,25,32H,12-13H2,1-2H3,(H,29,30). The molecule has 0 aliphatic carbocycles. The number of rotatable bonds is 6. The van der Waals surface area contributed by atoms with Crippen molar-refractivity contribution >= 4 is 17.5 Å². The minimum Gasteiger partial charge on any atom is -0.502 e. The summed E-state index contributed by atoms with van der Waals surface area (Å²) < 4.78 is 21.8. The van der Waals surface area contributed by atoms with E-state index in [4.69, 9.17) is 30.5 Å². The molecule has 1 aromatic heterocycles. The smallest absolute Gasteiger partial charge is 0.273 e. The summed E-state index contributed by atoms with van der Waals surface area (Å²) in [6, 6.07) is 15.7. The number of phenols is 1. The highest BCUT2D eigenvalue weighted by Crippen LogP contribution is 2.48. The zero-order valence-electron chi connectivity index (χ0n) is 19.9. The van der Waals surface area contributed by atoms with Gasteiger partial charge in [0.15, 0.2) is 23.0 Å². The number of carbonyl (C=O) groups excluding carboxylic acids is 1. The van der Waals surface area contributed by atoms with E-state index < -0.39 is 6.04 Å². The van der Waals surface area contributed by atoms with E-state index in [-0.39, 0.29) is 36.5 Å². The van der Waals surface area contributed by atoms with Gasteiger partial charge in [0.25, 0.3) is 5.91 Å². The molecule has 0 bridgehead atoms. The molecule has 4 aromatic rings. The van der Waals surface area contributed by atoms with Gasteiger partial charge in [0.05, 0.1) is 26.0 Å². The SMILES string of the molecule is COc1cc(C2c3c(-c4ccc(Cl)cc4)n[nH]c3C(=O)N2Cc2ccc3c(c2)OCO3)cc(OC)c1O. The number of H-pyrrole nitrogens is 1. The third kappa shape index (κ3) is 3.79. The molecular formula is C27H22ClN3O6. The molecule has 0 saturated heterocycles. The molecular weight excluding hydrogens is 498 g/mol. The monoisotopic (exact) mass is 519 g/mol. The van der Waals surface area contributed by atoms with Gasteiger partial charge in [-0.1, -0.05) is 29.8 Å². The molecule has 0 spiro atoms. The highest BCUT2D eigenvalue weighted by molar-refractivity contribution is 6.30. The van der Waals surface area contributed by atoms with Crippen molar-refractivity contribution in [3.8, 4) is 40.0 Å². The van der Waals surface area contributed by atoms with Gasteiger partial charge >= 0.3 is 0 Å². The third-order valence-electron chi connectivity index (χ3n) is 6.59. The number of nitrogens with one attached hydrogen (secondary N) is 1. The Kier molecular flexibility index (Phi) is 5.57. The normalized spacial score (nSPS) is 15.7. The van der Waals surface area contributed by atoms with Crippen molar-refractivity contribution in [3.63, 3.8) is 0 Å². The van der Waals surface area contributed by atoms with E-state index in [1.54, 1.807) is 29.2 Å². The molecule has 2 N–H and O–H groups in total. The van der Waals surface area contributed by atoms with Gasteiger partial charge < -0.3 is 29.0 Å². The Labute approximate surface area is 217 Å². The van der Waals surface area contributed by atoms with Crippen LogP contribution >= 0.6 is 11.6 Å². The molecule has 6 rings (SSSR count). The molecule has 3 aromatic carbocycles. The summed E-state index contributed by atoms with van der Waals surface area (Å²) in [5, 5.41) is 18.6. The lowest BCUT2D eigenvalue weighted by Gasteiger charge is -2.27. The third-order valence-corrected chi connectivity index (χ3v) is 6.84. The molecule has 1 unspecified atom stereocenters. The zero-order valence-corrected chi connectivity index (χ0v) is 20.7. The van der Waals surface area contributed by atoms with E-state index in [0.29, 0.717) is 39.0 Å². The number of methoxy groups -OCH3 is 2. The molecule has 0 saturated carbocycles. The van der Waals surface area contributed by atoms with Crippen LogP contribution in [0.3, 0.4) is 0 Å². The summed E-state index contributed by atoms with van der Waals surface area (Å²) in [6.07, 6.45) is 0. The number of carbonyl (C=O) groups is 1. The topological polar surface area (TPSA) is 106 Å². The predicted molar refractivity (Wildman–Crippen MR) is 135 cm³/mol. The van der Waals surface area contributed by atoms with Crippen LogP contribution in [0.1, 0.15) is 33.2 Å². The summed E-state index contributed by atoms with van der Waals surface area (Å²) >= 11 is 6.11. The van der Waals surface area contributed by atoms with Gasteiger partial charge in [0.1, 0.15) is 5.69 Å². The number of amides is 1. The minimum atomic E-state index is -0.555. The van der Waals surface area contributed by atoms with Gasteiger partial charge in [0, 0.05) is 22.7 Å². The van der Waals surface area contributed by atoms with Gasteiger partial charge in [0.2, 0.25) is 12.5 Å². The fourth-order valence-electron chi connectivity index (χ4n) is 4.84. The van der Waals surface area contributed by atoms with Crippen LogP contribution in [0.25, 0.3) is 11.3 Å². The maximum atomic E-state index is 13.8. The van der Waals surface area contributed by atoms with Gasteiger partial charge in [-0.05, 0) is 47.5 Å². The first-order valence-corrected chi connectivity index (χ1v) is 11.8. The van der Waals surface area contributed by atoms with E-state index in [9.17, 15) is 9.90 Å². The van der Waals surface area contributed by atoms with E-state index in [0.717, 1.165) is 11.1 Å². The van der Waals surface area contributed by atoms with Crippen LogP contribution < -0.4 is 18.9 Å². The Morgan fingerprint density at radius 2 is 1.76 bits per heavy atom. The van der Waals surface area contributed by atoms with E-state index in [1.165, 1.54) is 14.2 Å². The highest BCUT2D eigenvalue weighted by Gasteiger charge is 2.43. The molecule has 0 radical (unpaired) electrons. The molecule has 9 nitrogen and oxygen atoms in total. The number of halogens is 1. The van der Waals surface area contributed by atoms with Crippen LogP contribution in [0.5, 0.6) is 28.7 Å². The van der Waals surface area contributed by atoms with Crippen molar-refractivity contribution in [1.29, 1.82) is 0 Å². The molecule has 37 heavy (non-hydrogen) atoms. The van der Waals surface area contributed by atoms with Gasteiger partial charge in [-0.15, -0.1) is 0 Å². The Morgan fingerprint density at radius 3 is 2.46 bits per heavy atom. The van der Waals surface area contributed by atoms with Gasteiger partial charge in [-0.25, -0.2) is 0 Å². The Bertz CT molecular complexity index is 1490. The van der Waals surface area contributed by atoms with Crippen molar-refractivity contribution in [3.05, 3.63) is 82.0 Å². The number of fused-ring (bicyclic) bond motifs is 2. The average Bonchev–Trinajstić information content (AvgIpc) is 3.61. The molecule has 2 aliphatic heterocycles. The first-order chi connectivity index (χ1) is 18.0. The quantitative estimate of drug-likeness (QED) is 0.372. The van der Waals surface area contributed by atoms with Crippen molar-refractivity contribution in [2.45, 2.75) is 12.6 Å². The lowest BCUT2D eigenvalue weighted by Crippen LogP contribution is -2.29. The number of benzene rings is 3. The second-order valence-electron chi connectivity index (χ2n) is 8.67. The van der Waals surface area contributed by atoms with Crippen LogP contribution in [0, 0.1) is 0 Å². The van der Waals surface area contributed by atoms with E-state index in [2.05, 4.69) is 10.2 Å². The lowest BCUT2D eigenvalue weighted by molar-refractivity contribution is 0.0729. The Hall–Kier alpha value is -4.37. The predicted octanol–water partition coefficient (Wildman–Crippen LogP) is 4.93. The molecule has 0 fully saturated rings. The molecule has 188 valence electrons. The maximum Gasteiger partial charge on any atom is 0.273 e. The number of nitrogens with zero attached hydrogens (tertiary/aromatic N) is 2. The summed E-state index contributed by atoms with van der Waals surface area (Å²) in [4.78, 5) is 15.5. The Morgan fingerprint density at radius 1 is 1.05 bits per heavy atom. The van der Waals surface area contributed by atoms with Crippen molar-refractivity contribution in [1.82, 2.24) is 15.1 Å². The fourth-order valence-corrected chi connectivity index (χ4v) is 4.97. The van der Waals surface area contributed by atoms with Gasteiger partial charge in [-0.3, -0.25) is 9.89 Å².